The lowest BCUT2D eigenvalue weighted by Gasteiger charge is -2.32. The number of morpholine rings is 1. The van der Waals surface area contributed by atoms with Gasteiger partial charge in [0.15, 0.2) is 5.82 Å². The van der Waals surface area contributed by atoms with Gasteiger partial charge in [0.25, 0.3) is 0 Å². The molecule has 2 heterocycles. The summed E-state index contributed by atoms with van der Waals surface area (Å²) in [4.78, 5) is 14.0. The quantitative estimate of drug-likeness (QED) is 0.868. The number of nitrogens with one attached hydrogen (secondary N) is 1. The molecule has 18 heavy (non-hydrogen) atoms. The first-order chi connectivity index (χ1) is 8.65. The van der Waals surface area contributed by atoms with Crippen LogP contribution in [0.2, 0.25) is 0 Å². The lowest BCUT2D eigenvalue weighted by molar-refractivity contribution is -0.117. The van der Waals surface area contributed by atoms with Crippen molar-refractivity contribution in [1.29, 1.82) is 0 Å². The number of hydrogen-bond donors (Lipinski definition) is 1. The second-order valence-electron chi connectivity index (χ2n) is 4.58. The van der Waals surface area contributed by atoms with Gasteiger partial charge < -0.3 is 14.6 Å². The summed E-state index contributed by atoms with van der Waals surface area (Å²) in [5, 5.41) is 6.44. The highest BCUT2D eigenvalue weighted by molar-refractivity contribution is 5.89. The third-order valence-corrected chi connectivity index (χ3v) is 3.03. The van der Waals surface area contributed by atoms with Gasteiger partial charge >= 0.3 is 0 Å². The van der Waals surface area contributed by atoms with E-state index in [1.54, 1.807) is 13.0 Å². The van der Waals surface area contributed by atoms with Crippen molar-refractivity contribution in [2.24, 2.45) is 0 Å². The third kappa shape index (κ3) is 3.54. The first-order valence-corrected chi connectivity index (χ1v) is 6.20. The van der Waals surface area contributed by atoms with E-state index in [1.165, 1.54) is 0 Å². The Morgan fingerprint density at radius 2 is 2.50 bits per heavy atom. The molecule has 1 fully saturated rings. The first kappa shape index (κ1) is 13.0. The van der Waals surface area contributed by atoms with E-state index in [9.17, 15) is 4.79 Å². The van der Waals surface area contributed by atoms with Crippen molar-refractivity contribution in [2.75, 3.05) is 31.6 Å². The number of amides is 1. The maximum atomic E-state index is 11.7. The number of carbonyl (C=O) groups is 1. The predicted molar refractivity (Wildman–Crippen MR) is 66.3 cm³/mol. The molecule has 0 aromatic carbocycles. The summed E-state index contributed by atoms with van der Waals surface area (Å²) in [5.41, 5.74) is 0. The smallest absolute Gasteiger partial charge is 0.226 e. The SMILES string of the molecule is Cc1cc(NC(=O)CCN2CCOC[C@@H]2C)no1. The van der Waals surface area contributed by atoms with Crippen LogP contribution in [0.4, 0.5) is 5.82 Å². The van der Waals surface area contributed by atoms with Gasteiger partial charge in [-0.25, -0.2) is 0 Å². The molecule has 6 nitrogen and oxygen atoms in total. The average molecular weight is 253 g/mol. The van der Waals surface area contributed by atoms with Crippen molar-refractivity contribution < 1.29 is 14.1 Å². The number of nitrogens with zero attached hydrogens (tertiary/aromatic N) is 2. The highest BCUT2D eigenvalue weighted by Gasteiger charge is 2.19. The number of rotatable bonds is 4. The summed E-state index contributed by atoms with van der Waals surface area (Å²) in [6.45, 7) is 7.01. The van der Waals surface area contributed by atoms with Crippen LogP contribution in [0.5, 0.6) is 0 Å². The Balaban J connectivity index is 1.74. The Morgan fingerprint density at radius 1 is 1.67 bits per heavy atom. The van der Waals surface area contributed by atoms with Crippen LogP contribution in [0.15, 0.2) is 10.6 Å². The van der Waals surface area contributed by atoms with E-state index in [4.69, 9.17) is 9.26 Å². The number of carbonyl (C=O) groups excluding carboxylic acids is 1. The summed E-state index contributed by atoms with van der Waals surface area (Å²) in [7, 11) is 0. The van der Waals surface area contributed by atoms with E-state index in [0.717, 1.165) is 26.3 Å². The molecule has 2 rings (SSSR count). The number of aryl methyl sites for hydroxylation is 1. The lowest BCUT2D eigenvalue weighted by atomic mass is 10.2. The Bertz CT molecular complexity index is 405. The predicted octanol–water partition coefficient (Wildman–Crippen LogP) is 1.03. The summed E-state index contributed by atoms with van der Waals surface area (Å²) in [6.07, 6.45) is 0.455. The van der Waals surface area contributed by atoms with Crippen LogP contribution in [-0.4, -0.2) is 48.3 Å². The second-order valence-corrected chi connectivity index (χ2v) is 4.58. The Labute approximate surface area is 106 Å². The van der Waals surface area contributed by atoms with E-state index in [-0.39, 0.29) is 5.91 Å². The van der Waals surface area contributed by atoms with E-state index in [2.05, 4.69) is 22.3 Å². The molecule has 1 aliphatic heterocycles. The monoisotopic (exact) mass is 253 g/mol. The number of ether oxygens (including phenoxy) is 1. The lowest BCUT2D eigenvalue weighted by Crippen LogP contribution is -2.44. The molecule has 6 heteroatoms. The van der Waals surface area contributed by atoms with E-state index < -0.39 is 0 Å². The van der Waals surface area contributed by atoms with E-state index in [1.807, 2.05) is 0 Å². The van der Waals surface area contributed by atoms with Gasteiger partial charge in [0.1, 0.15) is 5.76 Å². The van der Waals surface area contributed by atoms with Crippen molar-refractivity contribution in [3.63, 3.8) is 0 Å². The van der Waals surface area contributed by atoms with E-state index in [0.29, 0.717) is 24.0 Å². The van der Waals surface area contributed by atoms with Crippen LogP contribution in [0, 0.1) is 6.92 Å². The minimum atomic E-state index is -0.0398. The first-order valence-electron chi connectivity index (χ1n) is 6.20. The molecule has 1 saturated heterocycles. The van der Waals surface area contributed by atoms with Gasteiger partial charge in [-0.1, -0.05) is 5.16 Å². The maximum Gasteiger partial charge on any atom is 0.226 e. The topological polar surface area (TPSA) is 67.6 Å². The van der Waals surface area contributed by atoms with Gasteiger partial charge in [-0.05, 0) is 13.8 Å². The van der Waals surface area contributed by atoms with Crippen LogP contribution in [0.25, 0.3) is 0 Å². The molecule has 0 radical (unpaired) electrons. The maximum absolute atomic E-state index is 11.7. The average Bonchev–Trinajstić information content (AvgIpc) is 2.74. The molecule has 1 N–H and O–H groups in total. The molecule has 1 aromatic heterocycles. The molecule has 1 aliphatic rings. The molecule has 1 aromatic rings. The molecule has 0 saturated carbocycles. The molecular formula is C12H19N3O3. The van der Waals surface area contributed by atoms with Crippen LogP contribution in [0.3, 0.4) is 0 Å². The second kappa shape index (κ2) is 5.97. The van der Waals surface area contributed by atoms with Gasteiger partial charge in [0, 0.05) is 31.6 Å². The number of aromatic nitrogens is 1. The molecular weight excluding hydrogens is 234 g/mol. The highest BCUT2D eigenvalue weighted by atomic mass is 16.5. The summed E-state index contributed by atoms with van der Waals surface area (Å²) in [5.74, 6) is 1.13. The van der Waals surface area contributed by atoms with E-state index >= 15 is 0 Å². The molecule has 0 unspecified atom stereocenters. The normalized spacial score (nSPS) is 20.9. The fourth-order valence-electron chi connectivity index (χ4n) is 1.97. The zero-order valence-electron chi connectivity index (χ0n) is 10.8. The highest BCUT2D eigenvalue weighted by Crippen LogP contribution is 2.09. The van der Waals surface area contributed by atoms with Crippen molar-refractivity contribution in [1.82, 2.24) is 10.1 Å². The molecule has 0 spiro atoms. The fraction of sp³-hybridized carbons (Fsp3) is 0.667. The largest absolute Gasteiger partial charge is 0.379 e. The van der Waals surface area contributed by atoms with Crippen molar-refractivity contribution in [3.8, 4) is 0 Å². The third-order valence-electron chi connectivity index (χ3n) is 3.03. The zero-order valence-corrected chi connectivity index (χ0v) is 10.8. The van der Waals surface area contributed by atoms with Crippen molar-refractivity contribution in [2.45, 2.75) is 26.3 Å². The number of anilines is 1. The molecule has 1 atom stereocenters. The fourth-order valence-corrected chi connectivity index (χ4v) is 1.97. The summed E-state index contributed by atoms with van der Waals surface area (Å²) in [6, 6.07) is 2.08. The van der Waals surface area contributed by atoms with Gasteiger partial charge in [-0.15, -0.1) is 0 Å². The Hall–Kier alpha value is -1.40. The minimum absolute atomic E-state index is 0.0398. The molecule has 0 bridgehead atoms. The van der Waals surface area contributed by atoms with Crippen molar-refractivity contribution in [3.05, 3.63) is 11.8 Å². The van der Waals surface area contributed by atoms with Crippen molar-refractivity contribution >= 4 is 11.7 Å². The van der Waals surface area contributed by atoms with Gasteiger partial charge in [-0.2, -0.15) is 0 Å². The standard InChI is InChI=1S/C12H19N3O3/c1-9-8-17-6-5-15(9)4-3-12(16)13-11-7-10(2)18-14-11/h7,9H,3-6,8H2,1-2H3,(H,13,14,16)/t9-/m0/s1. The minimum Gasteiger partial charge on any atom is -0.379 e. The molecule has 100 valence electrons. The Morgan fingerprint density at radius 3 is 3.17 bits per heavy atom. The van der Waals surface area contributed by atoms with Gasteiger partial charge in [0.05, 0.1) is 13.2 Å². The molecule has 0 aliphatic carbocycles. The van der Waals surface area contributed by atoms with Crippen LogP contribution in [0.1, 0.15) is 19.1 Å². The summed E-state index contributed by atoms with van der Waals surface area (Å²) < 4.78 is 10.2. The molecule has 1 amide bonds. The zero-order chi connectivity index (χ0) is 13.0. The number of hydrogen-bond acceptors (Lipinski definition) is 5. The van der Waals surface area contributed by atoms with Gasteiger partial charge in [0.2, 0.25) is 5.91 Å². The van der Waals surface area contributed by atoms with Crippen LogP contribution < -0.4 is 5.32 Å². The van der Waals surface area contributed by atoms with Crippen LogP contribution in [-0.2, 0) is 9.53 Å². The van der Waals surface area contributed by atoms with Crippen LogP contribution >= 0.6 is 0 Å². The Kier molecular flexibility index (Phi) is 4.33. The van der Waals surface area contributed by atoms with Gasteiger partial charge in [-0.3, -0.25) is 9.69 Å². The summed E-state index contributed by atoms with van der Waals surface area (Å²) >= 11 is 0.